The third kappa shape index (κ3) is 7.60. The van der Waals surface area contributed by atoms with E-state index in [1.54, 1.807) is 66.7 Å². The molecule has 0 fully saturated rings. The van der Waals surface area contributed by atoms with Gasteiger partial charge in [-0.3, -0.25) is 10.1 Å². The number of hydrogen-bond donors (Lipinski definition) is 2. The molecule has 5 aromatic rings. The van der Waals surface area contributed by atoms with E-state index in [0.29, 0.717) is 44.3 Å². The fourth-order valence-electron chi connectivity index (χ4n) is 4.32. The van der Waals surface area contributed by atoms with Crippen LogP contribution in [0.1, 0.15) is 22.9 Å². The van der Waals surface area contributed by atoms with Crippen molar-refractivity contribution in [2.75, 3.05) is 12.4 Å². The quantitative estimate of drug-likeness (QED) is 0.193. The van der Waals surface area contributed by atoms with Crippen molar-refractivity contribution in [1.82, 2.24) is 35.7 Å². The lowest BCUT2D eigenvalue weighted by atomic mass is 10.00. The Balaban J connectivity index is 1.43. The number of aromatic nitrogens is 6. The number of anilines is 1. The molecule has 0 radical (unpaired) electrons. The predicted octanol–water partition coefficient (Wildman–Crippen LogP) is 5.86. The molecule has 0 aliphatic heterocycles. The highest BCUT2D eigenvalue weighted by Crippen LogP contribution is 2.30. The lowest BCUT2D eigenvalue weighted by Gasteiger charge is -2.18. The van der Waals surface area contributed by atoms with Crippen LogP contribution in [0.25, 0.3) is 22.9 Å². The Morgan fingerprint density at radius 2 is 1.86 bits per heavy atom. The van der Waals surface area contributed by atoms with E-state index in [1.165, 1.54) is 36.3 Å². The highest BCUT2D eigenvalue weighted by Gasteiger charge is 2.20. The van der Waals surface area contributed by atoms with Crippen LogP contribution >= 0.6 is 23.2 Å². The molecule has 0 spiro atoms. The smallest absolute Gasteiger partial charge is 0.411 e. The highest BCUT2D eigenvalue weighted by molar-refractivity contribution is 6.32. The zero-order chi connectivity index (χ0) is 31.1. The summed E-state index contributed by atoms with van der Waals surface area (Å²) in [6.07, 6.45) is 3.96. The van der Waals surface area contributed by atoms with E-state index >= 15 is 0 Å². The molecule has 0 aliphatic carbocycles. The first kappa shape index (κ1) is 30.3. The van der Waals surface area contributed by atoms with Gasteiger partial charge in [0.25, 0.3) is 0 Å². The maximum Gasteiger partial charge on any atom is 0.411 e. The summed E-state index contributed by atoms with van der Waals surface area (Å²) in [4.78, 5) is 24.8. The van der Waals surface area contributed by atoms with E-state index in [1.807, 2.05) is 0 Å². The van der Waals surface area contributed by atoms with Gasteiger partial charge in [0.2, 0.25) is 5.91 Å². The molecule has 2 heterocycles. The fourth-order valence-corrected chi connectivity index (χ4v) is 4.70. The van der Waals surface area contributed by atoms with Gasteiger partial charge in [-0.2, -0.15) is 9.78 Å². The number of hydrogen-bond acceptors (Lipinski definition) is 8. The first-order chi connectivity index (χ1) is 21.3. The van der Waals surface area contributed by atoms with Crippen molar-refractivity contribution in [3.05, 3.63) is 118 Å². The zero-order valence-electron chi connectivity index (χ0n) is 23.0. The maximum atomic E-state index is 14.0. The van der Waals surface area contributed by atoms with E-state index in [2.05, 4.69) is 41.1 Å². The van der Waals surface area contributed by atoms with Gasteiger partial charge in [-0.25, -0.2) is 9.18 Å². The first-order valence-corrected chi connectivity index (χ1v) is 13.8. The molecule has 222 valence electrons. The Hall–Kier alpha value is -5.20. The van der Waals surface area contributed by atoms with E-state index in [4.69, 9.17) is 23.2 Å². The third-order valence-electron chi connectivity index (χ3n) is 6.40. The van der Waals surface area contributed by atoms with Gasteiger partial charge in [0, 0.05) is 27.9 Å². The summed E-state index contributed by atoms with van der Waals surface area (Å²) in [5.74, 6) is -0.863. The summed E-state index contributed by atoms with van der Waals surface area (Å²) in [5, 5.41) is 25.7. The van der Waals surface area contributed by atoms with Gasteiger partial charge in [0.1, 0.15) is 12.1 Å². The Kier molecular flexibility index (Phi) is 9.52. The third-order valence-corrected chi connectivity index (χ3v) is 6.91. The number of rotatable bonds is 9. The second-order valence-electron chi connectivity index (χ2n) is 9.35. The summed E-state index contributed by atoms with van der Waals surface area (Å²) >= 11 is 12.6. The lowest BCUT2D eigenvalue weighted by molar-refractivity contribution is -0.117. The van der Waals surface area contributed by atoms with E-state index < -0.39 is 23.9 Å². The van der Waals surface area contributed by atoms with Gasteiger partial charge in [0.15, 0.2) is 5.15 Å². The summed E-state index contributed by atoms with van der Waals surface area (Å²) in [6.45, 7) is 0. The van der Waals surface area contributed by atoms with Gasteiger partial charge < -0.3 is 10.1 Å². The maximum absolute atomic E-state index is 14.0. The van der Waals surface area contributed by atoms with Crippen molar-refractivity contribution in [3.63, 3.8) is 0 Å². The second-order valence-corrected chi connectivity index (χ2v) is 10.1. The van der Waals surface area contributed by atoms with Crippen LogP contribution < -0.4 is 10.6 Å². The molecular weight excluding hydrogens is 610 g/mol. The number of tetrazole rings is 1. The summed E-state index contributed by atoms with van der Waals surface area (Å²) in [7, 11) is 1.27. The Labute approximate surface area is 260 Å². The van der Waals surface area contributed by atoms with Crippen molar-refractivity contribution in [3.8, 4) is 16.8 Å². The minimum absolute atomic E-state index is 0.134. The van der Waals surface area contributed by atoms with Crippen LogP contribution in [0, 0.1) is 5.82 Å². The van der Waals surface area contributed by atoms with Gasteiger partial charge in [-0.15, -0.1) is 10.2 Å². The molecule has 11 nitrogen and oxygen atoms in total. The largest absolute Gasteiger partial charge is 0.453 e. The number of benzene rings is 3. The molecule has 0 bridgehead atoms. The minimum Gasteiger partial charge on any atom is -0.453 e. The summed E-state index contributed by atoms with van der Waals surface area (Å²) in [5.41, 5.74) is 3.98. The van der Waals surface area contributed by atoms with E-state index in [0.717, 1.165) is 0 Å². The van der Waals surface area contributed by atoms with Crippen LogP contribution in [0.2, 0.25) is 10.2 Å². The molecular formula is C30H23Cl2FN8O3. The number of carbonyl (C=O) groups is 2. The highest BCUT2D eigenvalue weighted by atomic mass is 35.5. The van der Waals surface area contributed by atoms with Crippen molar-refractivity contribution >= 4 is 47.0 Å². The van der Waals surface area contributed by atoms with Crippen LogP contribution in [0.3, 0.4) is 0 Å². The summed E-state index contributed by atoms with van der Waals surface area (Å²) < 4.78 is 20.1. The van der Waals surface area contributed by atoms with Crippen LogP contribution in [-0.2, 0) is 16.0 Å². The first-order valence-electron chi connectivity index (χ1n) is 13.0. The van der Waals surface area contributed by atoms with Gasteiger partial charge >= 0.3 is 6.09 Å². The van der Waals surface area contributed by atoms with Crippen LogP contribution in [0.4, 0.5) is 14.9 Å². The van der Waals surface area contributed by atoms with Gasteiger partial charge in [0.05, 0.1) is 24.5 Å². The molecule has 1 unspecified atom stereocenters. The number of nitrogens with zero attached hydrogens (tertiary/aromatic N) is 6. The molecule has 2 amide bonds. The van der Waals surface area contributed by atoms with Crippen molar-refractivity contribution in [1.29, 1.82) is 0 Å². The summed E-state index contributed by atoms with van der Waals surface area (Å²) in [6, 6.07) is 19.0. The number of ether oxygens (including phenoxy) is 1. The molecule has 14 heteroatoms. The van der Waals surface area contributed by atoms with Crippen molar-refractivity contribution in [2.24, 2.45) is 0 Å². The van der Waals surface area contributed by atoms with Gasteiger partial charge in [-0.05, 0) is 82.6 Å². The normalized spacial score (nSPS) is 11.7. The van der Waals surface area contributed by atoms with Crippen LogP contribution in [-0.4, -0.2) is 49.5 Å². The van der Waals surface area contributed by atoms with Crippen molar-refractivity contribution < 1.29 is 18.7 Å². The van der Waals surface area contributed by atoms with E-state index in [9.17, 15) is 14.0 Å². The Morgan fingerprint density at radius 3 is 2.59 bits per heavy atom. The Bertz CT molecular complexity index is 1820. The molecule has 5 rings (SSSR count). The predicted molar refractivity (Wildman–Crippen MR) is 163 cm³/mol. The zero-order valence-corrected chi connectivity index (χ0v) is 24.5. The molecule has 3 aromatic carbocycles. The number of amides is 2. The number of halogens is 3. The number of methoxy groups -OCH3 is 1. The monoisotopic (exact) mass is 632 g/mol. The van der Waals surface area contributed by atoms with Gasteiger partial charge in [-0.1, -0.05) is 47.5 Å². The lowest BCUT2D eigenvalue weighted by Crippen LogP contribution is -2.29. The average Bonchev–Trinajstić information content (AvgIpc) is 3.55. The fraction of sp³-hybridized carbons (Fsp3) is 0.100. The molecule has 44 heavy (non-hydrogen) atoms. The van der Waals surface area contributed by atoms with Crippen LogP contribution in [0.5, 0.6) is 0 Å². The average molecular weight is 633 g/mol. The van der Waals surface area contributed by atoms with E-state index in [-0.39, 0.29) is 11.6 Å². The SMILES string of the molecule is COC(=O)Nc1ccc(-c2cc(C(Cc3cccc(F)c3)NC(=O)/C=C/c3cc(Cl)ccc3-n3cnnn3)nnc2Cl)cc1. The van der Waals surface area contributed by atoms with Crippen LogP contribution in [0.15, 0.2) is 85.2 Å². The molecule has 2 N–H and O–H groups in total. The molecule has 1 atom stereocenters. The molecule has 0 saturated carbocycles. The molecule has 0 aliphatic rings. The standard InChI is InChI=1S/C30H23Cl2FN8O3/c1-44-30(43)35-23-9-5-19(6-10-23)24-16-26(37-38-29(24)32)25(14-18-3-2-4-22(33)13-18)36-28(42)12-7-20-15-21(31)8-11-27(20)41-17-34-39-40-41/h2-13,15-17,25H,14H2,1H3,(H,35,43)(H,36,42)/b12-7+. The number of carbonyl (C=O) groups excluding carboxylic acids is 2. The topological polar surface area (TPSA) is 137 Å². The Morgan fingerprint density at radius 1 is 1.05 bits per heavy atom. The second kappa shape index (κ2) is 13.8. The molecule has 2 aromatic heterocycles. The minimum atomic E-state index is -0.712. The number of nitrogens with one attached hydrogen (secondary N) is 2. The van der Waals surface area contributed by atoms with Crippen molar-refractivity contribution in [2.45, 2.75) is 12.5 Å². The molecule has 0 saturated heterocycles.